The van der Waals surface area contributed by atoms with Crippen LogP contribution in [0.1, 0.15) is 34.3 Å². The Kier molecular flexibility index (Phi) is 5.64. The molecule has 0 spiro atoms. The van der Waals surface area contributed by atoms with E-state index in [-0.39, 0.29) is 23.8 Å². The minimum Gasteiger partial charge on any atom is -0.491 e. The van der Waals surface area contributed by atoms with Gasteiger partial charge in [-0.3, -0.25) is 4.79 Å². The van der Waals surface area contributed by atoms with E-state index in [4.69, 9.17) is 9.84 Å². The van der Waals surface area contributed by atoms with E-state index < -0.39 is 5.97 Å². The first-order chi connectivity index (χ1) is 8.58. The van der Waals surface area contributed by atoms with Crippen molar-refractivity contribution in [3.8, 4) is 5.75 Å². The highest BCUT2D eigenvalue weighted by atomic mass is 32.1. The van der Waals surface area contributed by atoms with Crippen LogP contribution in [0.4, 0.5) is 0 Å². The van der Waals surface area contributed by atoms with E-state index >= 15 is 0 Å². The monoisotopic (exact) mass is 271 g/mol. The van der Waals surface area contributed by atoms with Gasteiger partial charge in [0.2, 0.25) is 5.91 Å². The molecule has 6 heteroatoms. The molecule has 1 amide bonds. The molecular formula is C12H17NO4S. The lowest BCUT2D eigenvalue weighted by Gasteiger charge is -2.04. The first-order valence-electron chi connectivity index (χ1n) is 5.77. The Hall–Kier alpha value is -1.56. The molecule has 0 aliphatic rings. The van der Waals surface area contributed by atoms with Crippen LogP contribution in [0.2, 0.25) is 0 Å². The molecule has 1 aromatic heterocycles. The summed E-state index contributed by atoms with van der Waals surface area (Å²) < 4.78 is 5.37. The number of hydrogen-bond acceptors (Lipinski definition) is 4. The van der Waals surface area contributed by atoms with Crippen molar-refractivity contribution in [2.75, 3.05) is 13.7 Å². The fraction of sp³-hybridized carbons (Fsp3) is 0.500. The maximum Gasteiger partial charge on any atom is 0.349 e. The second-order valence-electron chi connectivity index (χ2n) is 3.73. The highest BCUT2D eigenvalue weighted by molar-refractivity contribution is 7.14. The highest BCUT2D eigenvalue weighted by Gasteiger charge is 2.16. The van der Waals surface area contributed by atoms with E-state index in [2.05, 4.69) is 5.32 Å². The summed E-state index contributed by atoms with van der Waals surface area (Å²) in [4.78, 5) is 23.3. The predicted molar refractivity (Wildman–Crippen MR) is 69.5 cm³/mol. The fourth-order valence-corrected chi connectivity index (χ4v) is 2.47. The molecule has 0 fully saturated rings. The van der Waals surface area contributed by atoms with E-state index in [1.807, 2.05) is 6.92 Å². The number of aryl methyl sites for hydroxylation is 1. The Labute approximate surface area is 110 Å². The predicted octanol–water partition coefficient (Wildman–Crippen LogP) is 1.91. The van der Waals surface area contributed by atoms with E-state index in [9.17, 15) is 9.59 Å². The zero-order chi connectivity index (χ0) is 13.5. The molecule has 18 heavy (non-hydrogen) atoms. The van der Waals surface area contributed by atoms with Crippen molar-refractivity contribution in [3.63, 3.8) is 0 Å². The Morgan fingerprint density at radius 1 is 1.50 bits per heavy atom. The zero-order valence-corrected chi connectivity index (χ0v) is 11.3. The molecule has 0 aliphatic carbocycles. The van der Waals surface area contributed by atoms with Gasteiger partial charge in [0.15, 0.2) is 4.88 Å². The maximum atomic E-state index is 11.0. The van der Waals surface area contributed by atoms with Crippen molar-refractivity contribution in [3.05, 3.63) is 15.8 Å². The Balaban J connectivity index is 2.67. The van der Waals surface area contributed by atoms with Gasteiger partial charge < -0.3 is 15.2 Å². The summed E-state index contributed by atoms with van der Waals surface area (Å²) in [6.45, 7) is 2.22. The summed E-state index contributed by atoms with van der Waals surface area (Å²) >= 11 is 1.23. The molecule has 100 valence electrons. The number of aromatic carboxylic acids is 1. The second-order valence-corrected chi connectivity index (χ2v) is 4.87. The van der Waals surface area contributed by atoms with Crippen LogP contribution in [0, 0.1) is 0 Å². The summed E-state index contributed by atoms with van der Waals surface area (Å²) in [6, 6.07) is 1.75. The first-order valence-corrected chi connectivity index (χ1v) is 6.59. The molecule has 0 aliphatic heterocycles. The lowest BCUT2D eigenvalue weighted by atomic mass is 10.3. The standard InChI is InChI=1S/C12H17NO4S/c1-3-4-8-7-9(11(18-8)12(15)16)17-6-5-10(14)13-2/h7H,3-6H2,1-2H3,(H,13,14)(H,15,16). The van der Waals surface area contributed by atoms with Gasteiger partial charge >= 0.3 is 5.97 Å². The normalized spacial score (nSPS) is 10.1. The third kappa shape index (κ3) is 4.03. The molecule has 0 unspecified atom stereocenters. The SMILES string of the molecule is CCCc1cc(OCCC(=O)NC)c(C(=O)O)s1. The fourth-order valence-electron chi connectivity index (χ4n) is 1.43. The van der Waals surface area contributed by atoms with Crippen LogP contribution in [-0.4, -0.2) is 30.6 Å². The maximum absolute atomic E-state index is 11.0. The van der Waals surface area contributed by atoms with Crippen LogP contribution in [-0.2, 0) is 11.2 Å². The summed E-state index contributed by atoms with van der Waals surface area (Å²) in [6.07, 6.45) is 2.01. The van der Waals surface area contributed by atoms with Crippen molar-refractivity contribution in [1.29, 1.82) is 0 Å². The largest absolute Gasteiger partial charge is 0.491 e. The number of amides is 1. The number of hydrogen-bond donors (Lipinski definition) is 2. The number of rotatable bonds is 7. The zero-order valence-electron chi connectivity index (χ0n) is 10.5. The lowest BCUT2D eigenvalue weighted by molar-refractivity contribution is -0.121. The quantitative estimate of drug-likeness (QED) is 0.794. The van der Waals surface area contributed by atoms with Gasteiger partial charge in [0.1, 0.15) is 5.75 Å². The molecule has 1 aromatic rings. The summed E-state index contributed by atoms with van der Waals surface area (Å²) in [5.41, 5.74) is 0. The Morgan fingerprint density at radius 3 is 2.78 bits per heavy atom. The molecule has 1 rings (SSSR count). The van der Waals surface area contributed by atoms with Crippen LogP contribution >= 0.6 is 11.3 Å². The van der Waals surface area contributed by atoms with Crippen LogP contribution in [0.3, 0.4) is 0 Å². The van der Waals surface area contributed by atoms with Gasteiger partial charge in [-0.05, 0) is 12.5 Å². The second kappa shape index (κ2) is 7.00. The summed E-state index contributed by atoms with van der Waals surface area (Å²) in [5.74, 6) is -0.756. The van der Waals surface area contributed by atoms with Gasteiger partial charge in [-0.15, -0.1) is 11.3 Å². The van der Waals surface area contributed by atoms with Gasteiger partial charge in [0, 0.05) is 11.9 Å². The van der Waals surface area contributed by atoms with E-state index in [0.717, 1.165) is 17.7 Å². The van der Waals surface area contributed by atoms with Gasteiger partial charge in [-0.1, -0.05) is 13.3 Å². The van der Waals surface area contributed by atoms with Crippen LogP contribution in [0.15, 0.2) is 6.07 Å². The molecule has 5 nitrogen and oxygen atoms in total. The lowest BCUT2D eigenvalue weighted by Crippen LogP contribution is -2.20. The smallest absolute Gasteiger partial charge is 0.349 e. The van der Waals surface area contributed by atoms with Crippen molar-refractivity contribution in [2.24, 2.45) is 0 Å². The highest BCUT2D eigenvalue weighted by Crippen LogP contribution is 2.30. The van der Waals surface area contributed by atoms with Crippen LogP contribution < -0.4 is 10.1 Å². The molecule has 0 radical (unpaired) electrons. The number of carbonyl (C=O) groups is 2. The molecule has 0 saturated carbocycles. The Morgan fingerprint density at radius 2 is 2.22 bits per heavy atom. The molecule has 1 heterocycles. The van der Waals surface area contributed by atoms with Gasteiger partial charge in [0.25, 0.3) is 0 Å². The van der Waals surface area contributed by atoms with Crippen LogP contribution in [0.25, 0.3) is 0 Å². The summed E-state index contributed by atoms with van der Waals surface area (Å²) in [7, 11) is 1.55. The van der Waals surface area contributed by atoms with Crippen molar-refractivity contribution < 1.29 is 19.4 Å². The van der Waals surface area contributed by atoms with E-state index in [1.54, 1.807) is 13.1 Å². The van der Waals surface area contributed by atoms with Gasteiger partial charge in [-0.25, -0.2) is 4.79 Å². The van der Waals surface area contributed by atoms with Gasteiger partial charge in [0.05, 0.1) is 13.0 Å². The van der Waals surface area contributed by atoms with Crippen molar-refractivity contribution in [2.45, 2.75) is 26.2 Å². The average Bonchev–Trinajstić information content (AvgIpc) is 2.73. The number of thiophene rings is 1. The third-order valence-electron chi connectivity index (χ3n) is 2.31. The molecule has 0 bridgehead atoms. The van der Waals surface area contributed by atoms with Crippen molar-refractivity contribution >= 4 is 23.2 Å². The van der Waals surface area contributed by atoms with E-state index in [0.29, 0.717) is 5.75 Å². The first kappa shape index (κ1) is 14.5. The molecule has 0 saturated heterocycles. The number of carboxylic acid groups (broad SMARTS) is 1. The van der Waals surface area contributed by atoms with Crippen LogP contribution in [0.5, 0.6) is 5.75 Å². The van der Waals surface area contributed by atoms with Crippen molar-refractivity contribution in [1.82, 2.24) is 5.32 Å². The van der Waals surface area contributed by atoms with E-state index in [1.165, 1.54) is 11.3 Å². The third-order valence-corrected chi connectivity index (χ3v) is 3.47. The minimum absolute atomic E-state index is 0.129. The molecular weight excluding hydrogens is 254 g/mol. The number of carboxylic acids is 1. The number of carbonyl (C=O) groups excluding carboxylic acids is 1. The number of ether oxygens (including phenoxy) is 1. The van der Waals surface area contributed by atoms with Gasteiger partial charge in [-0.2, -0.15) is 0 Å². The molecule has 0 atom stereocenters. The molecule has 2 N–H and O–H groups in total. The number of nitrogens with one attached hydrogen (secondary N) is 1. The molecule has 0 aromatic carbocycles. The summed E-state index contributed by atoms with van der Waals surface area (Å²) in [5, 5.41) is 11.5. The minimum atomic E-state index is -0.989. The Bertz CT molecular complexity index is 428. The average molecular weight is 271 g/mol. The topological polar surface area (TPSA) is 75.6 Å².